The summed E-state index contributed by atoms with van der Waals surface area (Å²) in [5, 5.41) is 3.91. The van der Waals surface area contributed by atoms with Crippen molar-refractivity contribution in [2.75, 3.05) is 6.54 Å². The van der Waals surface area contributed by atoms with Crippen LogP contribution in [0, 0.1) is 0 Å². The Balaban J connectivity index is 1.26. The lowest BCUT2D eigenvalue weighted by Gasteiger charge is -2.06. The van der Waals surface area contributed by atoms with E-state index >= 15 is 0 Å². The third-order valence-electron chi connectivity index (χ3n) is 4.87. The van der Waals surface area contributed by atoms with Crippen LogP contribution >= 0.6 is 0 Å². The standard InChI is InChI=1S/C22H22N4O2/c27-21(11-10-17-14-16-6-1-2-8-19(16)25-22(17)28)23-12-5-9-20-24-15-18-7-3-4-13-26(18)20/h1-4,6-8,13-15H,5,9-12H2,(H,23,27)(H,25,28). The number of carbonyl (C=O) groups is 1. The average Bonchev–Trinajstić information content (AvgIpc) is 3.13. The van der Waals surface area contributed by atoms with Crippen LogP contribution in [0.2, 0.25) is 0 Å². The molecule has 3 aromatic heterocycles. The number of amides is 1. The number of imidazole rings is 1. The number of fused-ring (bicyclic) bond motifs is 2. The van der Waals surface area contributed by atoms with E-state index in [-0.39, 0.29) is 11.5 Å². The van der Waals surface area contributed by atoms with E-state index in [0.717, 1.165) is 35.1 Å². The van der Waals surface area contributed by atoms with Crippen molar-refractivity contribution in [3.05, 3.63) is 82.7 Å². The van der Waals surface area contributed by atoms with Gasteiger partial charge >= 0.3 is 0 Å². The van der Waals surface area contributed by atoms with E-state index in [0.29, 0.717) is 24.9 Å². The Kier molecular flexibility index (Phi) is 5.19. The Morgan fingerprint density at radius 3 is 2.89 bits per heavy atom. The molecule has 0 bridgehead atoms. The van der Waals surface area contributed by atoms with Gasteiger partial charge in [0.05, 0.1) is 11.7 Å². The second kappa shape index (κ2) is 8.08. The zero-order valence-corrected chi connectivity index (χ0v) is 15.5. The SMILES string of the molecule is O=C(CCc1cc2ccccc2[nH]c1=O)NCCCc1ncc2ccccn12. The van der Waals surface area contributed by atoms with E-state index in [1.807, 2.05) is 60.9 Å². The molecular weight excluding hydrogens is 352 g/mol. The molecule has 0 radical (unpaired) electrons. The number of aryl methyl sites for hydroxylation is 2. The predicted octanol–water partition coefficient (Wildman–Crippen LogP) is 2.86. The van der Waals surface area contributed by atoms with Gasteiger partial charge in [0.1, 0.15) is 5.82 Å². The number of benzene rings is 1. The lowest BCUT2D eigenvalue weighted by Crippen LogP contribution is -2.26. The van der Waals surface area contributed by atoms with E-state index in [1.54, 1.807) is 0 Å². The zero-order valence-electron chi connectivity index (χ0n) is 15.5. The minimum Gasteiger partial charge on any atom is -0.356 e. The number of hydrogen-bond acceptors (Lipinski definition) is 3. The normalized spacial score (nSPS) is 11.1. The fraction of sp³-hybridized carbons (Fsp3) is 0.227. The van der Waals surface area contributed by atoms with Gasteiger partial charge in [-0.05, 0) is 42.5 Å². The van der Waals surface area contributed by atoms with Crippen LogP contribution in [0.4, 0.5) is 0 Å². The average molecular weight is 374 g/mol. The van der Waals surface area contributed by atoms with E-state index in [1.165, 1.54) is 0 Å². The predicted molar refractivity (Wildman–Crippen MR) is 109 cm³/mol. The second-order valence-electron chi connectivity index (χ2n) is 6.83. The fourth-order valence-corrected chi connectivity index (χ4v) is 3.37. The Labute approximate surface area is 162 Å². The van der Waals surface area contributed by atoms with Crippen molar-refractivity contribution in [1.29, 1.82) is 0 Å². The number of hydrogen-bond donors (Lipinski definition) is 2. The van der Waals surface area contributed by atoms with E-state index in [9.17, 15) is 9.59 Å². The number of para-hydroxylation sites is 1. The maximum absolute atomic E-state index is 12.1. The molecule has 0 aliphatic rings. The zero-order chi connectivity index (χ0) is 19.3. The molecule has 28 heavy (non-hydrogen) atoms. The highest BCUT2D eigenvalue weighted by atomic mass is 16.1. The highest BCUT2D eigenvalue weighted by Crippen LogP contribution is 2.11. The summed E-state index contributed by atoms with van der Waals surface area (Å²) in [6.07, 6.45) is 6.19. The summed E-state index contributed by atoms with van der Waals surface area (Å²) in [6.45, 7) is 0.592. The van der Waals surface area contributed by atoms with Gasteiger partial charge in [0.15, 0.2) is 0 Å². The monoisotopic (exact) mass is 374 g/mol. The smallest absolute Gasteiger partial charge is 0.251 e. The van der Waals surface area contributed by atoms with Gasteiger partial charge in [0.2, 0.25) is 5.91 Å². The van der Waals surface area contributed by atoms with Crippen LogP contribution < -0.4 is 10.9 Å². The molecule has 2 N–H and O–H groups in total. The van der Waals surface area contributed by atoms with E-state index < -0.39 is 0 Å². The summed E-state index contributed by atoms with van der Waals surface area (Å²) in [5.74, 6) is 0.952. The lowest BCUT2D eigenvalue weighted by atomic mass is 10.1. The van der Waals surface area contributed by atoms with E-state index in [4.69, 9.17) is 0 Å². The number of nitrogens with one attached hydrogen (secondary N) is 2. The molecule has 4 rings (SSSR count). The van der Waals surface area contributed by atoms with Gasteiger partial charge in [-0.25, -0.2) is 4.98 Å². The van der Waals surface area contributed by atoms with Gasteiger partial charge in [0, 0.05) is 36.7 Å². The minimum atomic E-state index is -0.127. The van der Waals surface area contributed by atoms with Crippen molar-refractivity contribution in [2.45, 2.75) is 25.7 Å². The van der Waals surface area contributed by atoms with Gasteiger partial charge in [-0.1, -0.05) is 24.3 Å². The summed E-state index contributed by atoms with van der Waals surface area (Å²) in [4.78, 5) is 31.6. The topological polar surface area (TPSA) is 79.3 Å². The first-order valence-corrected chi connectivity index (χ1v) is 9.49. The lowest BCUT2D eigenvalue weighted by molar-refractivity contribution is -0.121. The molecule has 0 spiro atoms. The molecule has 142 valence electrons. The van der Waals surface area contributed by atoms with Crippen LogP contribution in [-0.4, -0.2) is 26.8 Å². The van der Waals surface area contributed by atoms with Crippen molar-refractivity contribution < 1.29 is 4.79 Å². The molecule has 6 nitrogen and oxygen atoms in total. The number of carbonyl (C=O) groups excluding carboxylic acids is 1. The maximum atomic E-state index is 12.1. The molecule has 4 aromatic rings. The molecule has 1 aromatic carbocycles. The summed E-state index contributed by atoms with van der Waals surface area (Å²) in [7, 11) is 0. The Hall–Kier alpha value is -3.41. The van der Waals surface area contributed by atoms with E-state index in [2.05, 4.69) is 19.7 Å². The van der Waals surface area contributed by atoms with Gasteiger partial charge in [-0.15, -0.1) is 0 Å². The molecular formula is C22H22N4O2. The second-order valence-corrected chi connectivity index (χ2v) is 6.83. The van der Waals surface area contributed by atoms with Gasteiger partial charge in [0.25, 0.3) is 5.56 Å². The van der Waals surface area contributed by atoms with Crippen LogP contribution in [0.3, 0.4) is 0 Å². The largest absolute Gasteiger partial charge is 0.356 e. The number of rotatable bonds is 7. The van der Waals surface area contributed by atoms with Crippen LogP contribution in [0.25, 0.3) is 16.4 Å². The Bertz CT molecular complexity index is 1180. The summed E-state index contributed by atoms with van der Waals surface area (Å²) < 4.78 is 2.06. The maximum Gasteiger partial charge on any atom is 0.251 e. The van der Waals surface area contributed by atoms with Gasteiger partial charge in [-0.3, -0.25) is 9.59 Å². The quantitative estimate of drug-likeness (QED) is 0.488. The van der Waals surface area contributed by atoms with Crippen molar-refractivity contribution in [2.24, 2.45) is 0 Å². The van der Waals surface area contributed by atoms with Crippen LogP contribution in [0.15, 0.2) is 65.7 Å². The molecule has 1 amide bonds. The first-order valence-electron chi connectivity index (χ1n) is 9.49. The first kappa shape index (κ1) is 18.0. The first-order chi connectivity index (χ1) is 13.7. The van der Waals surface area contributed by atoms with Gasteiger partial charge < -0.3 is 14.7 Å². The Morgan fingerprint density at radius 2 is 1.96 bits per heavy atom. The third-order valence-corrected chi connectivity index (χ3v) is 4.87. The number of nitrogens with zero attached hydrogens (tertiary/aromatic N) is 2. The number of H-pyrrole nitrogens is 1. The van der Waals surface area contributed by atoms with Crippen LogP contribution in [-0.2, 0) is 17.6 Å². The molecule has 0 aliphatic carbocycles. The molecule has 0 aliphatic heterocycles. The minimum absolute atomic E-state index is 0.0412. The number of pyridine rings is 2. The molecule has 6 heteroatoms. The summed E-state index contributed by atoms with van der Waals surface area (Å²) >= 11 is 0. The Morgan fingerprint density at radius 1 is 1.11 bits per heavy atom. The molecule has 0 saturated heterocycles. The molecule has 0 saturated carbocycles. The highest BCUT2D eigenvalue weighted by Gasteiger charge is 2.07. The molecule has 3 heterocycles. The van der Waals surface area contributed by atoms with Crippen molar-refractivity contribution in [3.63, 3.8) is 0 Å². The van der Waals surface area contributed by atoms with Crippen molar-refractivity contribution in [1.82, 2.24) is 19.7 Å². The summed E-state index contributed by atoms with van der Waals surface area (Å²) in [5.41, 5.74) is 2.39. The van der Waals surface area contributed by atoms with Crippen LogP contribution in [0.5, 0.6) is 0 Å². The number of aromatic amines is 1. The van der Waals surface area contributed by atoms with Crippen molar-refractivity contribution in [3.8, 4) is 0 Å². The fourth-order valence-electron chi connectivity index (χ4n) is 3.37. The third kappa shape index (κ3) is 3.96. The summed E-state index contributed by atoms with van der Waals surface area (Å²) in [6, 6.07) is 15.5. The molecule has 0 fully saturated rings. The van der Waals surface area contributed by atoms with Gasteiger partial charge in [-0.2, -0.15) is 0 Å². The number of aromatic nitrogens is 3. The van der Waals surface area contributed by atoms with Crippen molar-refractivity contribution >= 4 is 22.3 Å². The highest BCUT2D eigenvalue weighted by molar-refractivity contribution is 5.79. The molecule has 0 unspecified atom stereocenters. The molecule has 0 atom stereocenters. The van der Waals surface area contributed by atoms with Crippen LogP contribution in [0.1, 0.15) is 24.2 Å².